The van der Waals surface area contributed by atoms with Crippen LogP contribution >= 0.6 is 0 Å². The summed E-state index contributed by atoms with van der Waals surface area (Å²) in [6.07, 6.45) is -4.76. The van der Waals surface area contributed by atoms with Gasteiger partial charge < -0.3 is 4.90 Å². The molecule has 1 saturated heterocycles. The fourth-order valence-electron chi connectivity index (χ4n) is 1.59. The highest BCUT2D eigenvalue weighted by molar-refractivity contribution is 5.82. The Bertz CT molecular complexity index is 263. The molecule has 0 aromatic heterocycles. The van der Waals surface area contributed by atoms with E-state index in [1.807, 2.05) is 25.8 Å². The molecule has 1 heterocycles. The van der Waals surface area contributed by atoms with Gasteiger partial charge in [0.1, 0.15) is 0 Å². The predicted molar refractivity (Wildman–Crippen MR) is 49.3 cm³/mol. The van der Waals surface area contributed by atoms with Gasteiger partial charge in [0, 0.05) is 25.2 Å². The minimum Gasteiger partial charge on any atom is -0.332 e. The molecule has 0 radical (unpaired) electrons. The standard InChI is InChI=1S/C9H15F3N2O/c1-8(2)6-14(5-4-13(8)3)7(15)9(10,11)12/h4-6H2,1-3H3. The van der Waals surface area contributed by atoms with E-state index >= 15 is 0 Å². The molecular weight excluding hydrogens is 209 g/mol. The average molecular weight is 224 g/mol. The highest BCUT2D eigenvalue weighted by Gasteiger charge is 2.45. The van der Waals surface area contributed by atoms with Crippen LogP contribution in [0.15, 0.2) is 0 Å². The monoisotopic (exact) mass is 224 g/mol. The fraction of sp³-hybridized carbons (Fsp3) is 0.889. The quantitative estimate of drug-likeness (QED) is 0.615. The Labute approximate surface area is 86.8 Å². The maximum atomic E-state index is 12.2. The summed E-state index contributed by atoms with van der Waals surface area (Å²) >= 11 is 0. The van der Waals surface area contributed by atoms with Crippen LogP contribution in [0.4, 0.5) is 13.2 Å². The van der Waals surface area contributed by atoms with Crippen molar-refractivity contribution in [1.82, 2.24) is 9.80 Å². The molecule has 6 heteroatoms. The Morgan fingerprint density at radius 1 is 1.27 bits per heavy atom. The van der Waals surface area contributed by atoms with Crippen LogP contribution in [0.25, 0.3) is 0 Å². The molecule has 0 atom stereocenters. The van der Waals surface area contributed by atoms with Crippen LogP contribution in [0.1, 0.15) is 13.8 Å². The van der Waals surface area contributed by atoms with E-state index in [1.165, 1.54) is 0 Å². The lowest BCUT2D eigenvalue weighted by atomic mass is 10.00. The van der Waals surface area contributed by atoms with Crippen molar-refractivity contribution in [3.63, 3.8) is 0 Å². The third-order valence-corrected chi connectivity index (χ3v) is 2.85. The number of rotatable bonds is 0. The van der Waals surface area contributed by atoms with Crippen molar-refractivity contribution in [1.29, 1.82) is 0 Å². The lowest BCUT2D eigenvalue weighted by molar-refractivity contribution is -0.189. The van der Waals surface area contributed by atoms with Crippen molar-refractivity contribution < 1.29 is 18.0 Å². The number of alkyl halides is 3. The molecule has 1 aliphatic heterocycles. The molecule has 0 saturated carbocycles. The summed E-state index contributed by atoms with van der Waals surface area (Å²) in [5.41, 5.74) is -0.404. The van der Waals surface area contributed by atoms with Crippen LogP contribution in [0.3, 0.4) is 0 Å². The molecule has 1 fully saturated rings. The molecule has 0 aliphatic carbocycles. The van der Waals surface area contributed by atoms with E-state index in [-0.39, 0.29) is 13.1 Å². The van der Waals surface area contributed by atoms with Gasteiger partial charge in [0.05, 0.1) is 0 Å². The van der Waals surface area contributed by atoms with Crippen LogP contribution in [-0.2, 0) is 4.79 Å². The molecule has 88 valence electrons. The van der Waals surface area contributed by atoms with E-state index in [0.717, 1.165) is 4.90 Å². The number of halogens is 3. The lowest BCUT2D eigenvalue weighted by Crippen LogP contribution is -2.60. The van der Waals surface area contributed by atoms with Gasteiger partial charge >= 0.3 is 12.1 Å². The summed E-state index contributed by atoms with van der Waals surface area (Å²) in [4.78, 5) is 13.8. The maximum absolute atomic E-state index is 12.2. The Balaban J connectivity index is 2.72. The van der Waals surface area contributed by atoms with Crippen LogP contribution in [0, 0.1) is 0 Å². The van der Waals surface area contributed by atoms with Gasteiger partial charge in [-0.05, 0) is 20.9 Å². The molecule has 3 nitrogen and oxygen atoms in total. The topological polar surface area (TPSA) is 23.6 Å². The van der Waals surface area contributed by atoms with Crippen molar-refractivity contribution in [2.45, 2.75) is 25.6 Å². The first-order chi connectivity index (χ1) is 6.64. The Morgan fingerprint density at radius 2 is 1.80 bits per heavy atom. The summed E-state index contributed by atoms with van der Waals surface area (Å²) in [5, 5.41) is 0. The van der Waals surface area contributed by atoms with E-state index in [4.69, 9.17) is 0 Å². The van der Waals surface area contributed by atoms with Crippen molar-refractivity contribution >= 4 is 5.91 Å². The van der Waals surface area contributed by atoms with Crippen LogP contribution < -0.4 is 0 Å². The molecule has 15 heavy (non-hydrogen) atoms. The van der Waals surface area contributed by atoms with Crippen LogP contribution in [0.5, 0.6) is 0 Å². The van der Waals surface area contributed by atoms with E-state index in [9.17, 15) is 18.0 Å². The number of likely N-dealkylation sites (N-methyl/N-ethyl adjacent to an activating group) is 1. The molecule has 0 N–H and O–H groups in total. The zero-order valence-corrected chi connectivity index (χ0v) is 9.06. The zero-order chi connectivity index (χ0) is 11.9. The third-order valence-electron chi connectivity index (χ3n) is 2.85. The second-order valence-corrected chi connectivity index (χ2v) is 4.46. The van der Waals surface area contributed by atoms with Gasteiger partial charge in [0.25, 0.3) is 0 Å². The minimum atomic E-state index is -4.76. The molecule has 1 aliphatic rings. The summed E-state index contributed by atoms with van der Waals surface area (Å²) < 4.78 is 36.5. The number of carbonyl (C=O) groups is 1. The van der Waals surface area contributed by atoms with E-state index in [0.29, 0.717) is 6.54 Å². The Morgan fingerprint density at radius 3 is 2.20 bits per heavy atom. The van der Waals surface area contributed by atoms with Gasteiger partial charge in [-0.1, -0.05) is 0 Å². The normalized spacial score (nSPS) is 22.9. The highest BCUT2D eigenvalue weighted by atomic mass is 19.4. The molecule has 0 unspecified atom stereocenters. The number of hydrogen-bond donors (Lipinski definition) is 0. The SMILES string of the molecule is CN1CCN(C(=O)C(F)(F)F)CC1(C)C. The maximum Gasteiger partial charge on any atom is 0.471 e. The summed E-state index contributed by atoms with van der Waals surface area (Å²) in [6, 6.07) is 0. The van der Waals surface area contributed by atoms with Gasteiger partial charge in [-0.2, -0.15) is 13.2 Å². The number of nitrogens with zero attached hydrogens (tertiary/aromatic N) is 2. The van der Waals surface area contributed by atoms with Gasteiger partial charge in [0.2, 0.25) is 0 Å². The first-order valence-electron chi connectivity index (χ1n) is 4.72. The summed E-state index contributed by atoms with van der Waals surface area (Å²) in [7, 11) is 1.84. The molecule has 1 rings (SSSR count). The largest absolute Gasteiger partial charge is 0.471 e. The minimum absolute atomic E-state index is 0.113. The van der Waals surface area contributed by atoms with Crippen molar-refractivity contribution in [3.05, 3.63) is 0 Å². The van der Waals surface area contributed by atoms with E-state index in [2.05, 4.69) is 0 Å². The highest BCUT2D eigenvalue weighted by Crippen LogP contribution is 2.24. The fourth-order valence-corrected chi connectivity index (χ4v) is 1.59. The predicted octanol–water partition coefficient (Wildman–Crippen LogP) is 1.10. The average Bonchev–Trinajstić information content (AvgIpc) is 2.07. The second kappa shape index (κ2) is 3.66. The molecule has 1 amide bonds. The van der Waals surface area contributed by atoms with Crippen molar-refractivity contribution in [3.8, 4) is 0 Å². The van der Waals surface area contributed by atoms with Gasteiger partial charge in [-0.25, -0.2) is 0 Å². The molecule has 0 spiro atoms. The number of piperazine rings is 1. The van der Waals surface area contributed by atoms with E-state index < -0.39 is 17.6 Å². The molecule has 0 bridgehead atoms. The van der Waals surface area contributed by atoms with Gasteiger partial charge in [0.15, 0.2) is 0 Å². The molecule has 0 aromatic carbocycles. The first kappa shape index (κ1) is 12.3. The second-order valence-electron chi connectivity index (χ2n) is 4.46. The molecular formula is C9H15F3N2O. The van der Waals surface area contributed by atoms with Gasteiger partial charge in [-0.15, -0.1) is 0 Å². The van der Waals surface area contributed by atoms with E-state index in [1.54, 1.807) is 0 Å². The number of carbonyl (C=O) groups excluding carboxylic acids is 1. The lowest BCUT2D eigenvalue weighted by Gasteiger charge is -2.45. The number of hydrogen-bond acceptors (Lipinski definition) is 2. The smallest absolute Gasteiger partial charge is 0.332 e. The zero-order valence-electron chi connectivity index (χ0n) is 9.06. The van der Waals surface area contributed by atoms with Gasteiger partial charge in [-0.3, -0.25) is 9.69 Å². The summed E-state index contributed by atoms with van der Waals surface area (Å²) in [6.45, 7) is 4.36. The van der Waals surface area contributed by atoms with Crippen molar-refractivity contribution in [2.24, 2.45) is 0 Å². The number of amides is 1. The molecule has 0 aromatic rings. The third kappa shape index (κ3) is 2.62. The van der Waals surface area contributed by atoms with Crippen LogP contribution in [-0.4, -0.2) is 54.1 Å². The Hall–Kier alpha value is -0.780. The van der Waals surface area contributed by atoms with Crippen LogP contribution in [0.2, 0.25) is 0 Å². The Kier molecular flexibility index (Phi) is 3.00. The van der Waals surface area contributed by atoms with Crippen molar-refractivity contribution in [2.75, 3.05) is 26.7 Å². The first-order valence-corrected chi connectivity index (χ1v) is 4.72. The summed E-state index contributed by atoms with van der Waals surface area (Å²) in [5.74, 6) is -1.73.